The van der Waals surface area contributed by atoms with Crippen LogP contribution in [0.2, 0.25) is 0 Å². The molecule has 1 saturated heterocycles. The minimum absolute atomic E-state index is 0.176. The molecule has 2 atom stereocenters. The largest absolute Gasteiger partial charge is 0.491 e. The number of hydrogen-bond donors (Lipinski definition) is 1. The second-order valence-electron chi connectivity index (χ2n) is 8.08. The normalized spacial score (nSPS) is 26.2. The van der Waals surface area contributed by atoms with Crippen molar-refractivity contribution in [1.29, 1.82) is 0 Å². The number of pyridine rings is 1. The number of likely N-dealkylation sites (tertiary alicyclic amines) is 1. The molecule has 0 bridgehead atoms. The smallest absolute Gasteiger partial charge is 0.490 e. The topological polar surface area (TPSA) is 79.7 Å². The molecule has 0 radical (unpaired) electrons. The van der Waals surface area contributed by atoms with Crippen molar-refractivity contribution in [3.8, 4) is 5.75 Å². The highest BCUT2D eigenvalue weighted by Gasteiger charge is 2.52. The fraction of sp³-hybridized carbons (Fsp3) is 0.650. The Morgan fingerprint density at radius 1 is 1.28 bits per heavy atom. The predicted octanol–water partition coefficient (Wildman–Crippen LogP) is 3.52. The Bertz CT molecular complexity index is 724. The van der Waals surface area contributed by atoms with Gasteiger partial charge in [0.2, 0.25) is 5.91 Å². The Kier molecular flexibility index (Phi) is 6.33. The highest BCUT2D eigenvalue weighted by molar-refractivity contribution is 5.80. The fourth-order valence-corrected chi connectivity index (χ4v) is 4.39. The molecule has 9 heteroatoms. The van der Waals surface area contributed by atoms with Crippen LogP contribution in [0.5, 0.6) is 5.75 Å². The van der Waals surface area contributed by atoms with Crippen LogP contribution in [0.1, 0.15) is 38.5 Å². The lowest BCUT2D eigenvalue weighted by Crippen LogP contribution is -2.40. The first kappa shape index (κ1) is 21.4. The van der Waals surface area contributed by atoms with Gasteiger partial charge in [0.25, 0.3) is 0 Å². The molecule has 3 fully saturated rings. The molecule has 4 rings (SSSR count). The van der Waals surface area contributed by atoms with Gasteiger partial charge in [0.15, 0.2) is 0 Å². The third-order valence-electron chi connectivity index (χ3n) is 6.21. The Morgan fingerprint density at radius 2 is 2.00 bits per heavy atom. The van der Waals surface area contributed by atoms with Gasteiger partial charge in [-0.1, -0.05) is 12.8 Å². The number of aromatic nitrogens is 1. The third kappa shape index (κ3) is 5.00. The van der Waals surface area contributed by atoms with Gasteiger partial charge in [-0.3, -0.25) is 9.78 Å². The summed E-state index contributed by atoms with van der Waals surface area (Å²) in [7, 11) is 0. The zero-order valence-corrected chi connectivity index (χ0v) is 16.0. The van der Waals surface area contributed by atoms with Crippen LogP contribution < -0.4 is 4.74 Å². The molecule has 0 aromatic carbocycles. The van der Waals surface area contributed by atoms with E-state index in [1.807, 2.05) is 12.1 Å². The molecule has 1 amide bonds. The molecule has 2 saturated carbocycles. The van der Waals surface area contributed by atoms with Gasteiger partial charge in [-0.05, 0) is 43.7 Å². The van der Waals surface area contributed by atoms with Gasteiger partial charge in [0, 0.05) is 30.6 Å². The number of ether oxygens (including phenoxy) is 1. The molecule has 0 unspecified atom stereocenters. The minimum atomic E-state index is -5.08. The zero-order chi connectivity index (χ0) is 21.1. The van der Waals surface area contributed by atoms with Crippen LogP contribution in [-0.4, -0.2) is 52.7 Å². The third-order valence-corrected chi connectivity index (χ3v) is 6.21. The second-order valence-corrected chi connectivity index (χ2v) is 8.08. The quantitative estimate of drug-likeness (QED) is 0.816. The predicted molar refractivity (Wildman–Crippen MR) is 97.1 cm³/mol. The first-order valence-corrected chi connectivity index (χ1v) is 9.83. The van der Waals surface area contributed by atoms with Crippen molar-refractivity contribution in [2.75, 3.05) is 19.7 Å². The van der Waals surface area contributed by atoms with Crippen molar-refractivity contribution in [3.05, 3.63) is 24.5 Å². The number of amides is 1. The lowest BCUT2D eigenvalue weighted by atomic mass is 9.81. The van der Waals surface area contributed by atoms with Crippen LogP contribution in [0.4, 0.5) is 13.2 Å². The van der Waals surface area contributed by atoms with Gasteiger partial charge >= 0.3 is 12.1 Å². The second kappa shape index (κ2) is 8.59. The summed E-state index contributed by atoms with van der Waals surface area (Å²) in [6.07, 6.45) is 5.57. The number of aliphatic carboxylic acids is 1. The highest BCUT2D eigenvalue weighted by Crippen LogP contribution is 2.49. The van der Waals surface area contributed by atoms with E-state index < -0.39 is 12.1 Å². The van der Waals surface area contributed by atoms with E-state index in [-0.39, 0.29) is 5.41 Å². The Morgan fingerprint density at radius 3 is 2.55 bits per heavy atom. The summed E-state index contributed by atoms with van der Waals surface area (Å²) in [6, 6.07) is 3.86. The summed E-state index contributed by atoms with van der Waals surface area (Å²) in [4.78, 5) is 27.7. The maximum atomic E-state index is 12.6. The average molecular weight is 414 g/mol. The summed E-state index contributed by atoms with van der Waals surface area (Å²) in [5.41, 5.74) is 0.176. The van der Waals surface area contributed by atoms with E-state index in [9.17, 15) is 18.0 Å². The van der Waals surface area contributed by atoms with Gasteiger partial charge in [-0.25, -0.2) is 4.79 Å². The van der Waals surface area contributed by atoms with Crippen LogP contribution in [0.25, 0.3) is 0 Å². The first-order valence-electron chi connectivity index (χ1n) is 9.83. The van der Waals surface area contributed by atoms with Gasteiger partial charge < -0.3 is 14.7 Å². The van der Waals surface area contributed by atoms with Crippen molar-refractivity contribution in [1.82, 2.24) is 9.88 Å². The van der Waals surface area contributed by atoms with E-state index in [2.05, 4.69) is 9.88 Å². The van der Waals surface area contributed by atoms with Crippen molar-refractivity contribution in [2.45, 2.75) is 44.7 Å². The molecule has 1 aromatic heterocycles. The molecule has 1 aromatic rings. The van der Waals surface area contributed by atoms with Crippen LogP contribution in [0, 0.1) is 17.3 Å². The van der Waals surface area contributed by atoms with E-state index in [1.165, 1.54) is 25.7 Å². The minimum Gasteiger partial charge on any atom is -0.491 e. The maximum Gasteiger partial charge on any atom is 0.490 e. The van der Waals surface area contributed by atoms with Crippen molar-refractivity contribution < 1.29 is 32.6 Å². The van der Waals surface area contributed by atoms with Crippen molar-refractivity contribution in [2.24, 2.45) is 17.3 Å². The Labute approximate surface area is 167 Å². The van der Waals surface area contributed by atoms with Crippen molar-refractivity contribution in [3.63, 3.8) is 0 Å². The van der Waals surface area contributed by atoms with E-state index in [0.717, 1.165) is 38.3 Å². The molecule has 2 aliphatic carbocycles. The number of carboxylic acids is 1. The van der Waals surface area contributed by atoms with Crippen LogP contribution in [0.15, 0.2) is 24.5 Å². The van der Waals surface area contributed by atoms with Crippen LogP contribution >= 0.6 is 0 Å². The number of halogens is 3. The van der Waals surface area contributed by atoms with Gasteiger partial charge in [-0.15, -0.1) is 0 Å². The number of carbonyl (C=O) groups is 2. The Balaban J connectivity index is 0.000000298. The van der Waals surface area contributed by atoms with E-state index in [4.69, 9.17) is 14.6 Å². The number of fused-ring (bicyclic) bond motifs is 1. The summed E-state index contributed by atoms with van der Waals surface area (Å²) >= 11 is 0. The van der Waals surface area contributed by atoms with Gasteiger partial charge in [0.05, 0.1) is 12.8 Å². The maximum absolute atomic E-state index is 12.6. The molecule has 2 heterocycles. The number of hydrogen-bond acceptors (Lipinski definition) is 4. The van der Waals surface area contributed by atoms with Crippen molar-refractivity contribution >= 4 is 11.9 Å². The SMILES string of the molecule is O=C(C1CCC1)N1C[C@H]2CCC[C@@]2(COc2cccnc2)C1.O=C(O)C(F)(F)F. The van der Waals surface area contributed by atoms with E-state index in [1.54, 1.807) is 12.4 Å². The monoisotopic (exact) mass is 414 g/mol. The molecule has 6 nitrogen and oxygen atoms in total. The number of alkyl halides is 3. The van der Waals surface area contributed by atoms with Gasteiger partial charge in [0.1, 0.15) is 5.75 Å². The van der Waals surface area contributed by atoms with E-state index >= 15 is 0 Å². The van der Waals surface area contributed by atoms with Crippen LogP contribution in [-0.2, 0) is 9.59 Å². The molecule has 29 heavy (non-hydrogen) atoms. The highest BCUT2D eigenvalue weighted by atomic mass is 19.4. The fourth-order valence-electron chi connectivity index (χ4n) is 4.39. The number of nitrogens with zero attached hydrogens (tertiary/aromatic N) is 2. The summed E-state index contributed by atoms with van der Waals surface area (Å²) < 4.78 is 37.8. The van der Waals surface area contributed by atoms with Gasteiger partial charge in [-0.2, -0.15) is 13.2 Å². The summed E-state index contributed by atoms with van der Waals surface area (Å²) in [6.45, 7) is 2.57. The zero-order valence-electron chi connectivity index (χ0n) is 16.0. The molecular formula is C20H25F3N2O4. The average Bonchev–Trinajstić information content (AvgIpc) is 3.16. The molecular weight excluding hydrogens is 389 g/mol. The first-order chi connectivity index (χ1) is 13.7. The summed E-state index contributed by atoms with van der Waals surface area (Å²) in [5, 5.41) is 7.12. The van der Waals surface area contributed by atoms with E-state index in [0.29, 0.717) is 17.7 Å². The summed E-state index contributed by atoms with van der Waals surface area (Å²) in [5.74, 6) is -0.580. The Hall–Kier alpha value is -2.32. The molecule has 0 spiro atoms. The lowest BCUT2D eigenvalue weighted by Gasteiger charge is -2.31. The standard InChI is InChI=1S/C18H24N2O2.C2HF3O2/c21-17(14-4-1-5-14)20-11-15-6-2-8-18(15,12-20)13-22-16-7-3-9-19-10-16;3-2(4,5)1(6)7/h3,7,9-10,14-15H,1-2,4-6,8,11-13H2;(H,6,7)/t15-,18+;/m1./s1. The van der Waals surface area contributed by atoms with Crippen LogP contribution in [0.3, 0.4) is 0 Å². The number of carbonyl (C=O) groups excluding carboxylic acids is 1. The number of carboxylic acid groups (broad SMARTS) is 1. The lowest BCUT2D eigenvalue weighted by molar-refractivity contribution is -0.192. The molecule has 3 aliphatic rings. The molecule has 1 aliphatic heterocycles. The number of rotatable bonds is 4. The molecule has 160 valence electrons. The molecule has 1 N–H and O–H groups in total.